The molecular weight excluding hydrogens is 264 g/mol. The largest absolute Gasteiger partial charge is 0.508 e. The van der Waals surface area contributed by atoms with Crippen LogP contribution in [0.25, 0.3) is 0 Å². The van der Waals surface area contributed by atoms with Crippen LogP contribution in [0.1, 0.15) is 0 Å². The van der Waals surface area contributed by atoms with Gasteiger partial charge < -0.3 is 23.7 Å². The van der Waals surface area contributed by atoms with Crippen LogP contribution in [0.4, 0.5) is 4.79 Å². The first-order chi connectivity index (χ1) is 9.72. The maximum atomic E-state index is 10.7. The Hall–Kier alpha value is -2.37. The number of ether oxygens (including phenoxy) is 5. The van der Waals surface area contributed by atoms with Crippen molar-refractivity contribution in [2.75, 3.05) is 34.5 Å². The van der Waals surface area contributed by atoms with Gasteiger partial charge in [-0.1, -0.05) is 6.07 Å². The number of hydrogen-bond acceptors (Lipinski definition) is 6. The fraction of sp³-hybridized carbons (Fsp3) is 0.357. The van der Waals surface area contributed by atoms with Gasteiger partial charge in [0.25, 0.3) is 0 Å². The second-order valence-electron chi connectivity index (χ2n) is 3.54. The van der Waals surface area contributed by atoms with E-state index in [1.165, 1.54) is 7.11 Å². The number of methoxy groups -OCH3 is 3. The summed E-state index contributed by atoms with van der Waals surface area (Å²) in [6.45, 7) is 0.417. The van der Waals surface area contributed by atoms with Crippen LogP contribution >= 0.6 is 0 Å². The third-order valence-electron chi connectivity index (χ3n) is 2.34. The monoisotopic (exact) mass is 282 g/mol. The lowest BCUT2D eigenvalue weighted by molar-refractivity contribution is 0.0817. The van der Waals surface area contributed by atoms with E-state index in [2.05, 4.69) is 9.47 Å². The van der Waals surface area contributed by atoms with E-state index in [0.29, 0.717) is 23.9 Å². The summed E-state index contributed by atoms with van der Waals surface area (Å²) in [6.07, 6.45) is 2.65. The highest BCUT2D eigenvalue weighted by Gasteiger charge is 2.10. The molecule has 1 aromatic carbocycles. The minimum absolute atomic E-state index is 0.124. The summed E-state index contributed by atoms with van der Waals surface area (Å²) >= 11 is 0. The summed E-state index contributed by atoms with van der Waals surface area (Å²) in [5, 5.41) is 0. The Morgan fingerprint density at radius 1 is 1.05 bits per heavy atom. The summed E-state index contributed by atoms with van der Waals surface area (Å²) in [6, 6.07) is 5.37. The van der Waals surface area contributed by atoms with Crippen LogP contribution in [-0.4, -0.2) is 40.7 Å². The van der Waals surface area contributed by atoms with Gasteiger partial charge in [0.1, 0.15) is 13.2 Å². The van der Waals surface area contributed by atoms with Gasteiger partial charge in [-0.3, -0.25) is 0 Å². The smallest absolute Gasteiger partial charge is 0.493 e. The van der Waals surface area contributed by atoms with E-state index in [4.69, 9.17) is 14.2 Å². The van der Waals surface area contributed by atoms with Crippen molar-refractivity contribution in [3.05, 3.63) is 30.4 Å². The summed E-state index contributed by atoms with van der Waals surface area (Å²) in [7, 11) is 4.37. The first-order valence-corrected chi connectivity index (χ1v) is 5.92. The van der Waals surface area contributed by atoms with Crippen molar-refractivity contribution in [3.63, 3.8) is 0 Å². The second kappa shape index (κ2) is 8.68. The molecule has 110 valence electrons. The number of rotatable bonds is 7. The van der Waals surface area contributed by atoms with Crippen LogP contribution in [0.2, 0.25) is 0 Å². The number of hydrogen-bond donors (Lipinski definition) is 0. The van der Waals surface area contributed by atoms with Gasteiger partial charge in [0, 0.05) is 0 Å². The predicted octanol–water partition coefficient (Wildman–Crippen LogP) is 2.42. The van der Waals surface area contributed by atoms with Crippen molar-refractivity contribution in [2.45, 2.75) is 0 Å². The van der Waals surface area contributed by atoms with Gasteiger partial charge in [0.2, 0.25) is 5.75 Å². The molecule has 0 aromatic heterocycles. The lowest BCUT2D eigenvalue weighted by atomic mass is 10.3. The zero-order valence-corrected chi connectivity index (χ0v) is 11.8. The molecule has 0 saturated carbocycles. The van der Waals surface area contributed by atoms with Crippen molar-refractivity contribution < 1.29 is 28.5 Å². The summed E-state index contributed by atoms with van der Waals surface area (Å²) in [5.74, 6) is 1.70. The van der Waals surface area contributed by atoms with Crippen LogP contribution in [-0.2, 0) is 9.47 Å². The molecule has 0 atom stereocenters. The molecule has 20 heavy (non-hydrogen) atoms. The highest BCUT2D eigenvalue weighted by atomic mass is 16.7. The van der Waals surface area contributed by atoms with Gasteiger partial charge >= 0.3 is 6.16 Å². The molecule has 6 heteroatoms. The Balaban J connectivity index is 2.49. The lowest BCUT2D eigenvalue weighted by Crippen LogP contribution is -2.04. The van der Waals surface area contributed by atoms with Crippen molar-refractivity contribution in [1.29, 1.82) is 0 Å². The van der Waals surface area contributed by atoms with Gasteiger partial charge in [0.05, 0.1) is 21.3 Å². The zero-order valence-electron chi connectivity index (χ0n) is 11.8. The van der Waals surface area contributed by atoms with E-state index in [0.717, 1.165) is 0 Å². The van der Waals surface area contributed by atoms with Crippen molar-refractivity contribution in [1.82, 2.24) is 0 Å². The SMILES string of the molecule is COC(=O)OC/C=C\COc1c(OC)cccc1OC. The van der Waals surface area contributed by atoms with Crippen molar-refractivity contribution >= 4 is 6.16 Å². The third-order valence-corrected chi connectivity index (χ3v) is 2.34. The standard InChI is InChI=1S/C14H18O6/c1-16-11-7-6-8-12(17-2)13(11)19-9-4-5-10-20-14(15)18-3/h4-8H,9-10H2,1-3H3/b5-4-. The molecule has 0 fully saturated rings. The molecule has 0 bridgehead atoms. The molecular formula is C14H18O6. The van der Waals surface area contributed by atoms with Crippen LogP contribution in [0.3, 0.4) is 0 Å². The molecule has 1 aromatic rings. The Bertz CT molecular complexity index is 433. The maximum Gasteiger partial charge on any atom is 0.508 e. The summed E-state index contributed by atoms with van der Waals surface area (Å²) < 4.78 is 25.0. The van der Waals surface area contributed by atoms with Crippen LogP contribution in [0, 0.1) is 0 Å². The molecule has 1 rings (SSSR count). The van der Waals surface area contributed by atoms with Crippen molar-refractivity contribution in [3.8, 4) is 17.2 Å². The maximum absolute atomic E-state index is 10.7. The fourth-order valence-corrected chi connectivity index (χ4v) is 1.40. The minimum Gasteiger partial charge on any atom is -0.493 e. The van der Waals surface area contributed by atoms with E-state index < -0.39 is 6.16 Å². The molecule has 0 aliphatic carbocycles. The predicted molar refractivity (Wildman–Crippen MR) is 72.5 cm³/mol. The van der Waals surface area contributed by atoms with Crippen LogP contribution in [0.15, 0.2) is 30.4 Å². The second-order valence-corrected chi connectivity index (χ2v) is 3.54. The Morgan fingerprint density at radius 3 is 2.20 bits per heavy atom. The van der Waals surface area contributed by atoms with E-state index in [-0.39, 0.29) is 6.61 Å². The summed E-state index contributed by atoms with van der Waals surface area (Å²) in [5.41, 5.74) is 0. The van der Waals surface area contributed by atoms with Gasteiger partial charge in [-0.15, -0.1) is 0 Å². The fourth-order valence-electron chi connectivity index (χ4n) is 1.40. The van der Waals surface area contributed by atoms with E-state index in [1.807, 2.05) is 6.07 Å². The van der Waals surface area contributed by atoms with Gasteiger partial charge in [-0.25, -0.2) is 4.79 Å². The molecule has 0 heterocycles. The Kier molecular flexibility index (Phi) is 6.81. The first kappa shape index (κ1) is 15.7. The average Bonchev–Trinajstić information content (AvgIpc) is 2.49. The highest BCUT2D eigenvalue weighted by Crippen LogP contribution is 2.36. The number of benzene rings is 1. The first-order valence-electron chi connectivity index (χ1n) is 5.92. The number of carbonyl (C=O) groups excluding carboxylic acids is 1. The molecule has 0 unspecified atom stereocenters. The minimum atomic E-state index is -0.720. The Labute approximate surface area is 117 Å². The molecule has 6 nitrogen and oxygen atoms in total. The number of carbonyl (C=O) groups is 1. The van der Waals surface area contributed by atoms with Crippen LogP contribution in [0.5, 0.6) is 17.2 Å². The molecule has 0 radical (unpaired) electrons. The van der Waals surface area contributed by atoms with E-state index >= 15 is 0 Å². The zero-order chi connectivity index (χ0) is 14.8. The van der Waals surface area contributed by atoms with E-state index in [9.17, 15) is 4.79 Å². The van der Waals surface area contributed by atoms with Gasteiger partial charge in [0.15, 0.2) is 11.5 Å². The summed E-state index contributed by atoms with van der Waals surface area (Å²) in [4.78, 5) is 10.7. The third kappa shape index (κ3) is 4.72. The Morgan fingerprint density at radius 2 is 1.65 bits per heavy atom. The highest BCUT2D eigenvalue weighted by molar-refractivity contribution is 5.59. The van der Waals surface area contributed by atoms with Crippen molar-refractivity contribution in [2.24, 2.45) is 0 Å². The molecule has 0 spiro atoms. The quantitative estimate of drug-likeness (QED) is 0.565. The lowest BCUT2D eigenvalue weighted by Gasteiger charge is -2.12. The van der Waals surface area contributed by atoms with Gasteiger partial charge in [-0.2, -0.15) is 0 Å². The van der Waals surface area contributed by atoms with Gasteiger partial charge in [-0.05, 0) is 24.3 Å². The molecule has 0 aliphatic heterocycles. The average molecular weight is 282 g/mol. The van der Waals surface area contributed by atoms with E-state index in [1.54, 1.807) is 38.5 Å². The molecule has 0 saturated heterocycles. The normalized spacial score (nSPS) is 10.2. The molecule has 0 aliphatic rings. The van der Waals surface area contributed by atoms with Crippen LogP contribution < -0.4 is 14.2 Å². The molecule has 0 N–H and O–H groups in total. The molecule has 0 amide bonds. The topological polar surface area (TPSA) is 63.2 Å². The number of para-hydroxylation sites is 1.